The Balaban J connectivity index is 2.94. The summed E-state index contributed by atoms with van der Waals surface area (Å²) < 4.78 is 1.17. The van der Waals surface area contributed by atoms with Gasteiger partial charge in [0.2, 0.25) is 0 Å². The second-order valence-corrected chi connectivity index (χ2v) is 4.11. The molecule has 0 N–H and O–H groups in total. The van der Waals surface area contributed by atoms with Crippen LogP contribution in [0.25, 0.3) is 0 Å². The van der Waals surface area contributed by atoms with Crippen LogP contribution in [-0.4, -0.2) is 20.7 Å². The van der Waals surface area contributed by atoms with E-state index in [9.17, 15) is 0 Å². The predicted molar refractivity (Wildman–Crippen MR) is 41.9 cm³/mol. The molecule has 0 aliphatic heterocycles. The summed E-state index contributed by atoms with van der Waals surface area (Å²) in [7, 11) is 0. The molecule has 48 valence electrons. The molecule has 0 bridgehead atoms. The van der Waals surface area contributed by atoms with Crippen LogP contribution < -0.4 is 4.48 Å². The Morgan fingerprint density at radius 3 is 2.78 bits per heavy atom. The molecule has 0 fully saturated rings. The molecule has 1 rings (SSSR count). The Bertz CT molecular complexity index is 202. The monoisotopic (exact) mass is 203 g/mol. The molecular formula is C6H7AsClN. The standard InChI is InChI=1S/C6H7AsClN/c1-7-5-3-2-4-6(8)9-5/h2-4,7H,1H3. The Morgan fingerprint density at radius 2 is 2.33 bits per heavy atom. The molecule has 1 atom stereocenters. The van der Waals surface area contributed by atoms with E-state index in [0.29, 0.717) is 5.15 Å². The molecule has 3 heteroatoms. The number of pyridine rings is 1. The first-order valence-corrected chi connectivity index (χ1v) is 6.16. The maximum atomic E-state index is 5.63. The van der Waals surface area contributed by atoms with Crippen molar-refractivity contribution >= 4 is 31.8 Å². The van der Waals surface area contributed by atoms with Crippen molar-refractivity contribution in [1.29, 1.82) is 0 Å². The van der Waals surface area contributed by atoms with Crippen LogP contribution in [0.4, 0.5) is 0 Å². The van der Waals surface area contributed by atoms with Crippen LogP contribution in [0.5, 0.6) is 0 Å². The van der Waals surface area contributed by atoms with Crippen LogP contribution in [0.3, 0.4) is 0 Å². The molecule has 0 spiro atoms. The third-order valence-electron chi connectivity index (χ3n) is 0.971. The van der Waals surface area contributed by atoms with E-state index in [1.807, 2.05) is 12.1 Å². The van der Waals surface area contributed by atoms with Crippen molar-refractivity contribution in [3.63, 3.8) is 0 Å². The normalized spacial score (nSPS) is 10.9. The molecule has 1 heterocycles. The summed E-state index contributed by atoms with van der Waals surface area (Å²) in [5, 5.41) is 0.609. The van der Waals surface area contributed by atoms with Crippen molar-refractivity contribution in [2.75, 3.05) is 0 Å². The summed E-state index contributed by atoms with van der Waals surface area (Å²) in [6.45, 7) is 0. The van der Waals surface area contributed by atoms with Gasteiger partial charge in [0, 0.05) is 0 Å². The molecule has 1 aromatic rings. The van der Waals surface area contributed by atoms with Crippen molar-refractivity contribution in [2.45, 2.75) is 5.71 Å². The van der Waals surface area contributed by atoms with Crippen LogP contribution in [0.15, 0.2) is 18.2 Å². The summed E-state index contributed by atoms with van der Waals surface area (Å²) in [6.07, 6.45) is 0. The number of halogens is 1. The first-order chi connectivity index (χ1) is 4.33. The van der Waals surface area contributed by atoms with E-state index >= 15 is 0 Å². The molecule has 0 aromatic carbocycles. The fourth-order valence-corrected chi connectivity index (χ4v) is 1.90. The average molecular weight is 204 g/mol. The number of hydrogen-bond donors (Lipinski definition) is 0. The summed E-state index contributed by atoms with van der Waals surface area (Å²) in [5.74, 6) is 0. The van der Waals surface area contributed by atoms with Gasteiger partial charge < -0.3 is 0 Å². The van der Waals surface area contributed by atoms with Gasteiger partial charge >= 0.3 is 65.9 Å². The van der Waals surface area contributed by atoms with Crippen LogP contribution in [0, 0.1) is 0 Å². The summed E-state index contributed by atoms with van der Waals surface area (Å²) in [4.78, 5) is 4.11. The van der Waals surface area contributed by atoms with E-state index in [4.69, 9.17) is 11.6 Å². The molecule has 0 saturated carbocycles. The van der Waals surface area contributed by atoms with E-state index in [2.05, 4.69) is 10.7 Å². The zero-order valence-corrected chi connectivity index (χ0v) is 7.91. The van der Waals surface area contributed by atoms with Crippen LogP contribution >= 0.6 is 11.6 Å². The fraction of sp³-hybridized carbons (Fsp3) is 0.167. The van der Waals surface area contributed by atoms with Gasteiger partial charge in [-0.1, -0.05) is 0 Å². The van der Waals surface area contributed by atoms with Gasteiger partial charge in [-0.15, -0.1) is 0 Å². The van der Waals surface area contributed by atoms with Crippen molar-refractivity contribution in [3.05, 3.63) is 23.4 Å². The first kappa shape index (κ1) is 7.11. The first-order valence-electron chi connectivity index (χ1n) is 2.63. The quantitative estimate of drug-likeness (QED) is 0.487. The maximum absolute atomic E-state index is 5.63. The zero-order chi connectivity index (χ0) is 6.69. The molecule has 0 aliphatic carbocycles. The van der Waals surface area contributed by atoms with E-state index in [0.717, 1.165) is 0 Å². The third kappa shape index (κ3) is 2.00. The van der Waals surface area contributed by atoms with E-state index in [1.54, 1.807) is 6.07 Å². The fourth-order valence-electron chi connectivity index (χ4n) is 0.548. The van der Waals surface area contributed by atoms with Crippen LogP contribution in [0.2, 0.25) is 10.9 Å². The predicted octanol–water partition coefficient (Wildman–Crippen LogP) is 0.845. The Morgan fingerprint density at radius 1 is 1.56 bits per heavy atom. The van der Waals surface area contributed by atoms with E-state index in [-0.39, 0.29) is 15.8 Å². The van der Waals surface area contributed by atoms with Crippen LogP contribution in [-0.2, 0) is 0 Å². The van der Waals surface area contributed by atoms with Crippen molar-refractivity contribution in [3.8, 4) is 0 Å². The van der Waals surface area contributed by atoms with Gasteiger partial charge in [0.25, 0.3) is 0 Å². The molecule has 9 heavy (non-hydrogen) atoms. The SMILES string of the molecule is C[AsH]c1cccc(Cl)n1. The average Bonchev–Trinajstić information content (AvgIpc) is 1.88. The van der Waals surface area contributed by atoms with Gasteiger partial charge in [0.05, 0.1) is 0 Å². The van der Waals surface area contributed by atoms with E-state index < -0.39 is 0 Å². The van der Waals surface area contributed by atoms with E-state index in [1.165, 1.54) is 4.48 Å². The molecule has 1 aromatic heterocycles. The topological polar surface area (TPSA) is 12.9 Å². The summed E-state index contributed by atoms with van der Waals surface area (Å²) in [5.41, 5.74) is 2.18. The molecule has 0 radical (unpaired) electrons. The number of hydrogen-bond acceptors (Lipinski definition) is 1. The van der Waals surface area contributed by atoms with Gasteiger partial charge in [-0.2, -0.15) is 0 Å². The Hall–Kier alpha value is -0.00156. The van der Waals surface area contributed by atoms with Gasteiger partial charge in [0.1, 0.15) is 0 Å². The molecular weight excluding hydrogens is 196 g/mol. The van der Waals surface area contributed by atoms with Gasteiger partial charge in [-0.05, 0) is 0 Å². The zero-order valence-electron chi connectivity index (χ0n) is 5.06. The Labute approximate surface area is 66.1 Å². The molecule has 1 nitrogen and oxygen atoms in total. The minimum absolute atomic E-state index is 0.0186. The van der Waals surface area contributed by atoms with Crippen molar-refractivity contribution in [2.24, 2.45) is 0 Å². The molecule has 1 unspecified atom stereocenters. The second-order valence-electron chi connectivity index (χ2n) is 1.60. The van der Waals surface area contributed by atoms with Gasteiger partial charge in [-0.25, -0.2) is 0 Å². The van der Waals surface area contributed by atoms with Crippen molar-refractivity contribution in [1.82, 2.24) is 4.98 Å². The number of rotatable bonds is 1. The Kier molecular flexibility index (Phi) is 2.56. The molecule has 0 saturated heterocycles. The molecule has 0 aliphatic rings. The van der Waals surface area contributed by atoms with Gasteiger partial charge in [-0.3, -0.25) is 0 Å². The van der Waals surface area contributed by atoms with Crippen molar-refractivity contribution < 1.29 is 0 Å². The van der Waals surface area contributed by atoms with Gasteiger partial charge in [0.15, 0.2) is 0 Å². The summed E-state index contributed by atoms with van der Waals surface area (Å²) in [6, 6.07) is 5.76. The number of nitrogens with zero attached hydrogens (tertiary/aromatic N) is 1. The number of aromatic nitrogens is 1. The third-order valence-corrected chi connectivity index (χ3v) is 2.84. The van der Waals surface area contributed by atoms with Crippen LogP contribution in [0.1, 0.15) is 0 Å². The minimum atomic E-state index is -0.0186. The summed E-state index contributed by atoms with van der Waals surface area (Å²) >= 11 is 5.61. The molecule has 0 amide bonds. The second kappa shape index (κ2) is 3.24.